The van der Waals surface area contributed by atoms with E-state index in [2.05, 4.69) is 6.92 Å². The van der Waals surface area contributed by atoms with Gasteiger partial charge in [-0.15, -0.1) is 0 Å². The number of Topliss-reactive ketones (excluding diaryl/α,β-unsaturated/α-hetero) is 1. The summed E-state index contributed by atoms with van der Waals surface area (Å²) in [4.78, 5) is 11.2. The second-order valence-corrected chi connectivity index (χ2v) is 6.72. The Morgan fingerprint density at radius 1 is 1.17 bits per heavy atom. The minimum absolute atomic E-state index is 0.277. The van der Waals surface area contributed by atoms with Crippen LogP contribution in [0.15, 0.2) is 18.2 Å². The van der Waals surface area contributed by atoms with Crippen molar-refractivity contribution in [3.05, 3.63) is 23.8 Å². The second-order valence-electron chi connectivity index (χ2n) is 6.72. The molecule has 1 aromatic carbocycles. The van der Waals surface area contributed by atoms with E-state index in [0.717, 1.165) is 41.9 Å². The average molecular weight is 335 g/mol. The maximum absolute atomic E-state index is 11.2. The molecule has 0 saturated heterocycles. The highest BCUT2D eigenvalue weighted by molar-refractivity contribution is 5.79. The first-order valence-electron chi connectivity index (χ1n) is 9.37. The fraction of sp³-hybridized carbons (Fsp3) is 0.667. The summed E-state index contributed by atoms with van der Waals surface area (Å²) >= 11 is 0. The largest absolute Gasteiger partial charge is 0.508 e. The monoisotopic (exact) mass is 334 g/mol. The molecule has 24 heavy (non-hydrogen) atoms. The van der Waals surface area contributed by atoms with Gasteiger partial charge in [0, 0.05) is 18.4 Å². The van der Waals surface area contributed by atoms with E-state index in [1.807, 2.05) is 26.8 Å². The molecule has 0 aromatic heterocycles. The van der Waals surface area contributed by atoms with E-state index in [1.165, 1.54) is 25.7 Å². The standard InChI is InChI=1S/C11H18O.C8H10O2.C2H6/c1-8-3-2-4-9-7-10(12)5-6-11(8)9;1-6-7(9)4-3-5-8(6)10-2;1-2/h8-9,11H,2-7H2,1H3;3-5,9H,1-2H3;1-2H3. The Bertz CT molecular complexity index is 510. The van der Waals surface area contributed by atoms with Crippen LogP contribution in [-0.2, 0) is 4.79 Å². The zero-order valence-electron chi connectivity index (χ0n) is 16.0. The second kappa shape index (κ2) is 10.4. The molecule has 0 heterocycles. The van der Waals surface area contributed by atoms with Crippen LogP contribution in [-0.4, -0.2) is 18.0 Å². The van der Waals surface area contributed by atoms with Gasteiger partial charge in [0.2, 0.25) is 0 Å². The first-order valence-corrected chi connectivity index (χ1v) is 9.37. The lowest BCUT2D eigenvalue weighted by Crippen LogP contribution is -2.32. The van der Waals surface area contributed by atoms with Gasteiger partial charge in [-0.25, -0.2) is 0 Å². The van der Waals surface area contributed by atoms with Crippen molar-refractivity contribution in [2.45, 2.75) is 66.2 Å². The van der Waals surface area contributed by atoms with E-state index in [9.17, 15) is 4.79 Å². The summed E-state index contributed by atoms with van der Waals surface area (Å²) in [5, 5.41) is 9.15. The number of ether oxygens (including phenoxy) is 1. The molecule has 1 aromatic rings. The van der Waals surface area contributed by atoms with Gasteiger partial charge in [-0.1, -0.05) is 39.7 Å². The minimum atomic E-state index is 0.277. The zero-order chi connectivity index (χ0) is 18.1. The SMILES string of the molecule is CC.CC1CCCC2CC(=O)CCC12.COc1cccc(O)c1C. The number of fused-ring (bicyclic) bond motifs is 1. The maximum atomic E-state index is 11.2. The number of ketones is 1. The van der Waals surface area contributed by atoms with Crippen molar-refractivity contribution in [2.75, 3.05) is 7.11 Å². The number of phenolic OH excluding ortho intramolecular Hbond substituents is 1. The normalized spacial score (nSPS) is 25.4. The molecule has 2 fully saturated rings. The van der Waals surface area contributed by atoms with Crippen LogP contribution < -0.4 is 4.74 Å². The van der Waals surface area contributed by atoms with Gasteiger partial charge in [-0.2, -0.15) is 0 Å². The molecule has 1 N–H and O–H groups in total. The number of aromatic hydroxyl groups is 1. The number of carbonyl (C=O) groups is 1. The minimum Gasteiger partial charge on any atom is -0.508 e. The van der Waals surface area contributed by atoms with E-state index in [1.54, 1.807) is 19.2 Å². The summed E-state index contributed by atoms with van der Waals surface area (Å²) in [5.74, 6) is 4.05. The fourth-order valence-corrected chi connectivity index (χ4v) is 3.91. The molecular formula is C21H34O3. The topological polar surface area (TPSA) is 46.5 Å². The van der Waals surface area contributed by atoms with Crippen molar-refractivity contribution < 1.29 is 14.6 Å². The van der Waals surface area contributed by atoms with E-state index in [0.29, 0.717) is 5.78 Å². The number of carbonyl (C=O) groups excluding carboxylic acids is 1. The zero-order valence-corrected chi connectivity index (χ0v) is 16.0. The van der Waals surface area contributed by atoms with Crippen LogP contribution in [0.25, 0.3) is 0 Å². The molecule has 3 rings (SSSR count). The van der Waals surface area contributed by atoms with Crippen molar-refractivity contribution in [1.82, 2.24) is 0 Å². The molecule has 136 valence electrons. The highest BCUT2D eigenvalue weighted by Gasteiger charge is 2.34. The van der Waals surface area contributed by atoms with Crippen molar-refractivity contribution in [1.29, 1.82) is 0 Å². The van der Waals surface area contributed by atoms with Gasteiger partial charge in [0.1, 0.15) is 17.3 Å². The highest BCUT2D eigenvalue weighted by atomic mass is 16.5. The summed E-state index contributed by atoms with van der Waals surface area (Å²) in [6.07, 6.45) is 7.02. The quantitative estimate of drug-likeness (QED) is 0.735. The molecular weight excluding hydrogens is 300 g/mol. The van der Waals surface area contributed by atoms with Crippen LogP contribution >= 0.6 is 0 Å². The molecule has 2 aliphatic carbocycles. The van der Waals surface area contributed by atoms with E-state index in [-0.39, 0.29) is 5.75 Å². The first-order chi connectivity index (χ1) is 11.5. The van der Waals surface area contributed by atoms with Crippen molar-refractivity contribution in [2.24, 2.45) is 17.8 Å². The predicted octanol–water partition coefficient (Wildman–Crippen LogP) is 5.53. The van der Waals surface area contributed by atoms with Gasteiger partial charge < -0.3 is 9.84 Å². The molecule has 2 saturated carbocycles. The van der Waals surface area contributed by atoms with Gasteiger partial charge in [0.25, 0.3) is 0 Å². The van der Waals surface area contributed by atoms with Crippen LogP contribution in [0, 0.1) is 24.7 Å². The average Bonchev–Trinajstić information content (AvgIpc) is 2.60. The molecule has 3 atom stereocenters. The Kier molecular flexibility index (Phi) is 8.88. The molecule has 0 aliphatic heterocycles. The number of phenols is 1. The lowest BCUT2D eigenvalue weighted by atomic mass is 9.66. The predicted molar refractivity (Wildman–Crippen MR) is 99.6 cm³/mol. The Morgan fingerprint density at radius 2 is 1.88 bits per heavy atom. The number of benzene rings is 1. The lowest BCUT2D eigenvalue weighted by Gasteiger charge is -2.39. The summed E-state index contributed by atoms with van der Waals surface area (Å²) in [7, 11) is 1.59. The molecule has 0 amide bonds. The molecule has 3 nitrogen and oxygen atoms in total. The van der Waals surface area contributed by atoms with Gasteiger partial charge in [-0.05, 0) is 49.7 Å². The Balaban J connectivity index is 0.000000221. The third-order valence-corrected chi connectivity index (χ3v) is 5.29. The van der Waals surface area contributed by atoms with Gasteiger partial charge in [0.15, 0.2) is 0 Å². The van der Waals surface area contributed by atoms with Crippen LogP contribution in [0.5, 0.6) is 11.5 Å². The third-order valence-electron chi connectivity index (χ3n) is 5.29. The Morgan fingerprint density at radius 3 is 2.50 bits per heavy atom. The molecule has 2 aliphatic rings. The van der Waals surface area contributed by atoms with Gasteiger partial charge >= 0.3 is 0 Å². The summed E-state index contributed by atoms with van der Waals surface area (Å²) in [6.45, 7) is 8.18. The van der Waals surface area contributed by atoms with Crippen LogP contribution in [0.2, 0.25) is 0 Å². The molecule has 3 unspecified atom stereocenters. The number of hydrogen-bond acceptors (Lipinski definition) is 3. The Labute approximate surface area is 147 Å². The maximum Gasteiger partial charge on any atom is 0.133 e. The first kappa shape index (κ1) is 20.5. The van der Waals surface area contributed by atoms with Crippen LogP contribution in [0.1, 0.15) is 64.9 Å². The molecule has 0 bridgehead atoms. The van der Waals surface area contributed by atoms with Crippen molar-refractivity contribution >= 4 is 5.78 Å². The number of rotatable bonds is 1. The smallest absolute Gasteiger partial charge is 0.133 e. The fourth-order valence-electron chi connectivity index (χ4n) is 3.91. The van der Waals surface area contributed by atoms with Crippen LogP contribution in [0.4, 0.5) is 0 Å². The van der Waals surface area contributed by atoms with E-state index < -0.39 is 0 Å². The number of hydrogen-bond donors (Lipinski definition) is 1. The summed E-state index contributed by atoms with van der Waals surface area (Å²) in [5.41, 5.74) is 0.782. The Hall–Kier alpha value is -1.51. The molecule has 0 spiro atoms. The highest BCUT2D eigenvalue weighted by Crippen LogP contribution is 2.42. The van der Waals surface area contributed by atoms with Gasteiger partial charge in [-0.3, -0.25) is 4.79 Å². The third kappa shape index (κ3) is 5.54. The van der Waals surface area contributed by atoms with Crippen molar-refractivity contribution in [3.63, 3.8) is 0 Å². The molecule has 0 radical (unpaired) electrons. The van der Waals surface area contributed by atoms with E-state index in [4.69, 9.17) is 9.84 Å². The number of methoxy groups -OCH3 is 1. The summed E-state index contributed by atoms with van der Waals surface area (Å²) < 4.78 is 4.97. The summed E-state index contributed by atoms with van der Waals surface area (Å²) in [6, 6.07) is 5.20. The van der Waals surface area contributed by atoms with Gasteiger partial charge in [0.05, 0.1) is 7.11 Å². The molecule has 3 heteroatoms. The van der Waals surface area contributed by atoms with Crippen molar-refractivity contribution in [3.8, 4) is 11.5 Å². The van der Waals surface area contributed by atoms with Crippen LogP contribution in [0.3, 0.4) is 0 Å². The van der Waals surface area contributed by atoms with E-state index >= 15 is 0 Å². The lowest BCUT2D eigenvalue weighted by molar-refractivity contribution is -0.123.